The lowest BCUT2D eigenvalue weighted by molar-refractivity contribution is -0.121. The van der Waals surface area contributed by atoms with E-state index in [1.165, 1.54) is 0 Å². The molecule has 0 spiro atoms. The van der Waals surface area contributed by atoms with E-state index in [1.807, 2.05) is 13.0 Å². The zero-order chi connectivity index (χ0) is 16.3. The minimum absolute atomic E-state index is 0.0314. The van der Waals surface area contributed by atoms with E-state index in [0.717, 1.165) is 11.1 Å². The summed E-state index contributed by atoms with van der Waals surface area (Å²) in [5.41, 5.74) is 1.75. The van der Waals surface area contributed by atoms with Crippen molar-refractivity contribution in [2.24, 2.45) is 0 Å². The highest BCUT2D eigenvalue weighted by Gasteiger charge is 2.28. The minimum atomic E-state index is -2.99. The number of carbonyl (C=O) groups excluding carboxylic acids is 1. The molecule has 1 saturated heterocycles. The molecular weight excluding hydrogens is 306 g/mol. The summed E-state index contributed by atoms with van der Waals surface area (Å²) in [4.78, 5) is 12.1. The van der Waals surface area contributed by atoms with Crippen molar-refractivity contribution in [3.63, 3.8) is 0 Å². The Morgan fingerprint density at radius 1 is 1.27 bits per heavy atom. The molecule has 1 aliphatic heterocycles. The highest BCUT2D eigenvalue weighted by atomic mass is 32.2. The molecule has 122 valence electrons. The first kappa shape index (κ1) is 16.6. The van der Waals surface area contributed by atoms with Gasteiger partial charge >= 0.3 is 0 Å². The van der Waals surface area contributed by atoms with Crippen LogP contribution in [0.1, 0.15) is 17.5 Å². The van der Waals surface area contributed by atoms with E-state index < -0.39 is 9.84 Å². The largest absolute Gasteiger partial charge is 0.493 e. The van der Waals surface area contributed by atoms with Crippen LogP contribution in [-0.2, 0) is 21.1 Å². The fourth-order valence-electron chi connectivity index (χ4n) is 2.57. The van der Waals surface area contributed by atoms with Crippen LogP contribution in [0.3, 0.4) is 0 Å². The van der Waals surface area contributed by atoms with Crippen LogP contribution in [-0.4, -0.2) is 46.1 Å². The highest BCUT2D eigenvalue weighted by Crippen LogP contribution is 2.30. The number of rotatable bonds is 5. The lowest BCUT2D eigenvalue weighted by atomic mass is 10.0. The predicted molar refractivity (Wildman–Crippen MR) is 83.2 cm³/mol. The summed E-state index contributed by atoms with van der Waals surface area (Å²) in [5, 5.41) is 2.79. The van der Waals surface area contributed by atoms with Gasteiger partial charge in [0, 0.05) is 6.04 Å². The monoisotopic (exact) mass is 327 g/mol. The normalized spacial score (nSPS) is 19.7. The van der Waals surface area contributed by atoms with E-state index in [2.05, 4.69) is 5.32 Å². The van der Waals surface area contributed by atoms with E-state index in [4.69, 9.17) is 9.47 Å². The van der Waals surface area contributed by atoms with Crippen LogP contribution in [0.15, 0.2) is 12.1 Å². The van der Waals surface area contributed by atoms with Crippen LogP contribution in [0.5, 0.6) is 11.5 Å². The maximum absolute atomic E-state index is 12.1. The fourth-order valence-corrected chi connectivity index (χ4v) is 4.25. The Kier molecular flexibility index (Phi) is 4.95. The van der Waals surface area contributed by atoms with Crippen molar-refractivity contribution in [1.82, 2.24) is 5.32 Å². The molecule has 1 aromatic rings. The first-order valence-corrected chi connectivity index (χ1v) is 8.88. The SMILES string of the molecule is COc1cc(C)c(CC(=O)NC2CCS(=O)(=O)C2)cc1OC. The number of carbonyl (C=O) groups is 1. The molecule has 0 aliphatic carbocycles. The minimum Gasteiger partial charge on any atom is -0.493 e. The zero-order valence-electron chi connectivity index (χ0n) is 13.0. The smallest absolute Gasteiger partial charge is 0.224 e. The third-order valence-electron chi connectivity index (χ3n) is 3.79. The van der Waals surface area contributed by atoms with E-state index in [9.17, 15) is 13.2 Å². The number of amides is 1. The number of methoxy groups -OCH3 is 2. The summed E-state index contributed by atoms with van der Waals surface area (Å²) in [6.45, 7) is 1.89. The number of hydrogen-bond acceptors (Lipinski definition) is 5. The summed E-state index contributed by atoms with van der Waals surface area (Å²) < 4.78 is 33.3. The third-order valence-corrected chi connectivity index (χ3v) is 5.56. The summed E-state index contributed by atoms with van der Waals surface area (Å²) in [6.07, 6.45) is 0.668. The van der Waals surface area contributed by atoms with Crippen LogP contribution >= 0.6 is 0 Å². The van der Waals surface area contributed by atoms with Crippen molar-refractivity contribution in [3.05, 3.63) is 23.3 Å². The fraction of sp³-hybridized carbons (Fsp3) is 0.533. The summed E-state index contributed by atoms with van der Waals surface area (Å²) in [5.74, 6) is 1.18. The van der Waals surface area contributed by atoms with Crippen LogP contribution in [0.25, 0.3) is 0 Å². The molecule has 2 rings (SSSR count). The summed E-state index contributed by atoms with van der Waals surface area (Å²) >= 11 is 0. The molecule has 0 saturated carbocycles. The van der Waals surface area contributed by atoms with Crippen molar-refractivity contribution in [1.29, 1.82) is 0 Å². The van der Waals surface area contributed by atoms with Gasteiger partial charge in [0.05, 0.1) is 32.1 Å². The Balaban J connectivity index is 2.05. The average Bonchev–Trinajstić information content (AvgIpc) is 2.79. The van der Waals surface area contributed by atoms with Crippen molar-refractivity contribution in [2.75, 3.05) is 25.7 Å². The molecule has 1 fully saturated rings. The molecule has 1 amide bonds. The lowest BCUT2D eigenvalue weighted by Crippen LogP contribution is -2.36. The second-order valence-corrected chi connectivity index (χ2v) is 7.71. The molecule has 1 unspecified atom stereocenters. The first-order chi connectivity index (χ1) is 10.3. The Morgan fingerprint density at radius 2 is 1.91 bits per heavy atom. The van der Waals surface area contributed by atoms with Gasteiger partial charge in [-0.1, -0.05) is 0 Å². The Morgan fingerprint density at radius 3 is 2.45 bits per heavy atom. The quantitative estimate of drug-likeness (QED) is 0.867. The highest BCUT2D eigenvalue weighted by molar-refractivity contribution is 7.91. The van der Waals surface area contributed by atoms with Gasteiger partial charge in [-0.15, -0.1) is 0 Å². The van der Waals surface area contributed by atoms with Crippen molar-refractivity contribution >= 4 is 15.7 Å². The number of ether oxygens (including phenoxy) is 2. The number of benzene rings is 1. The second kappa shape index (κ2) is 6.56. The van der Waals surface area contributed by atoms with Gasteiger partial charge in [0.2, 0.25) is 5.91 Å². The second-order valence-electron chi connectivity index (χ2n) is 5.48. The van der Waals surface area contributed by atoms with Gasteiger partial charge in [0.25, 0.3) is 0 Å². The van der Waals surface area contributed by atoms with Crippen molar-refractivity contribution in [2.45, 2.75) is 25.8 Å². The number of hydrogen-bond donors (Lipinski definition) is 1. The Labute approximate surface area is 130 Å². The summed E-state index contributed by atoms with van der Waals surface area (Å²) in [7, 11) is 0.109. The van der Waals surface area contributed by atoms with Crippen LogP contribution in [0.2, 0.25) is 0 Å². The van der Waals surface area contributed by atoms with Crippen LogP contribution in [0.4, 0.5) is 0 Å². The van der Waals surface area contributed by atoms with Crippen LogP contribution < -0.4 is 14.8 Å². The molecule has 6 nitrogen and oxygen atoms in total. The van der Waals surface area contributed by atoms with E-state index in [0.29, 0.717) is 17.9 Å². The average molecular weight is 327 g/mol. The first-order valence-electron chi connectivity index (χ1n) is 7.06. The maximum atomic E-state index is 12.1. The molecule has 0 radical (unpaired) electrons. The lowest BCUT2D eigenvalue weighted by Gasteiger charge is -2.14. The van der Waals surface area contributed by atoms with Gasteiger partial charge in [-0.05, 0) is 36.6 Å². The molecule has 1 atom stereocenters. The topological polar surface area (TPSA) is 81.7 Å². The van der Waals surface area contributed by atoms with E-state index in [1.54, 1.807) is 20.3 Å². The number of nitrogens with one attached hydrogen (secondary N) is 1. The molecule has 1 N–H and O–H groups in total. The van der Waals surface area contributed by atoms with Gasteiger partial charge < -0.3 is 14.8 Å². The molecular formula is C15H21NO5S. The predicted octanol–water partition coefficient (Wildman–Crippen LogP) is 0.858. The van der Waals surface area contributed by atoms with Gasteiger partial charge in [0.1, 0.15) is 0 Å². The molecule has 0 aromatic heterocycles. The standard InChI is InChI=1S/C15H21NO5S/c1-10-6-13(20-2)14(21-3)7-11(10)8-15(17)16-12-4-5-22(18,19)9-12/h6-7,12H,4-5,8-9H2,1-3H3,(H,16,17). The van der Waals surface area contributed by atoms with Gasteiger partial charge in [-0.3, -0.25) is 4.79 Å². The third kappa shape index (κ3) is 3.91. The number of aryl methyl sites for hydroxylation is 1. The number of sulfone groups is 1. The molecule has 1 heterocycles. The zero-order valence-corrected chi connectivity index (χ0v) is 13.8. The molecule has 22 heavy (non-hydrogen) atoms. The van der Waals surface area contributed by atoms with E-state index in [-0.39, 0.29) is 29.9 Å². The molecule has 7 heteroatoms. The molecule has 0 bridgehead atoms. The Hall–Kier alpha value is -1.76. The van der Waals surface area contributed by atoms with E-state index >= 15 is 0 Å². The van der Waals surface area contributed by atoms with Gasteiger partial charge in [-0.2, -0.15) is 0 Å². The van der Waals surface area contributed by atoms with Gasteiger partial charge in [0.15, 0.2) is 21.3 Å². The van der Waals surface area contributed by atoms with Crippen molar-refractivity contribution < 1.29 is 22.7 Å². The maximum Gasteiger partial charge on any atom is 0.224 e. The Bertz CT molecular complexity index is 669. The van der Waals surface area contributed by atoms with Crippen LogP contribution in [0, 0.1) is 6.92 Å². The molecule has 1 aliphatic rings. The van der Waals surface area contributed by atoms with Crippen molar-refractivity contribution in [3.8, 4) is 11.5 Å². The van der Waals surface area contributed by atoms with Gasteiger partial charge in [-0.25, -0.2) is 8.42 Å². The summed E-state index contributed by atoms with van der Waals surface area (Å²) in [6, 6.07) is 3.32. The molecule has 1 aromatic carbocycles.